The van der Waals surface area contributed by atoms with Crippen LogP contribution in [-0.2, 0) is 4.74 Å². The summed E-state index contributed by atoms with van der Waals surface area (Å²) in [6.07, 6.45) is 0.216. The first-order valence-corrected chi connectivity index (χ1v) is 5.22. The summed E-state index contributed by atoms with van der Waals surface area (Å²) in [5.74, 6) is -0.209. The van der Waals surface area contributed by atoms with Gasteiger partial charge < -0.3 is 10.1 Å². The van der Waals surface area contributed by atoms with Crippen molar-refractivity contribution < 1.29 is 9.13 Å². The number of aryl methyl sites for hydroxylation is 1. The Bertz CT molecular complexity index is 292. The number of benzene rings is 1. The predicted octanol–water partition coefficient (Wildman–Crippen LogP) is 2.97. The molecule has 0 aromatic heterocycles. The number of hydrogen-bond acceptors (Lipinski definition) is 2. The van der Waals surface area contributed by atoms with E-state index in [0.717, 1.165) is 5.56 Å². The molecule has 3 heteroatoms. The fourth-order valence-electron chi connectivity index (χ4n) is 1.33. The number of anilines is 1. The van der Waals surface area contributed by atoms with E-state index >= 15 is 0 Å². The average Bonchev–Trinajstić information content (AvgIpc) is 2.15. The molecule has 0 aliphatic heterocycles. The molecular formula is C12H18FNO. The first-order valence-electron chi connectivity index (χ1n) is 5.22. The predicted molar refractivity (Wildman–Crippen MR) is 60.7 cm³/mol. The zero-order valence-corrected chi connectivity index (χ0v) is 9.51. The van der Waals surface area contributed by atoms with Crippen molar-refractivity contribution in [3.8, 4) is 0 Å². The molecule has 1 rings (SSSR count). The number of hydrogen-bond donors (Lipinski definition) is 1. The first-order chi connectivity index (χ1) is 7.11. The van der Waals surface area contributed by atoms with Gasteiger partial charge in [-0.15, -0.1) is 0 Å². The lowest BCUT2D eigenvalue weighted by Crippen LogP contribution is -2.14. The molecule has 15 heavy (non-hydrogen) atoms. The molecule has 1 aromatic carbocycles. The van der Waals surface area contributed by atoms with Gasteiger partial charge in [0, 0.05) is 6.54 Å². The second kappa shape index (κ2) is 5.71. The van der Waals surface area contributed by atoms with Crippen molar-refractivity contribution in [1.82, 2.24) is 0 Å². The van der Waals surface area contributed by atoms with Gasteiger partial charge in [-0.25, -0.2) is 4.39 Å². The summed E-state index contributed by atoms with van der Waals surface area (Å²) in [5.41, 5.74) is 1.49. The largest absolute Gasteiger partial charge is 0.380 e. The fraction of sp³-hybridized carbons (Fsp3) is 0.500. The van der Waals surface area contributed by atoms with Gasteiger partial charge in [-0.1, -0.05) is 12.1 Å². The molecule has 0 saturated carbocycles. The van der Waals surface area contributed by atoms with Crippen LogP contribution >= 0.6 is 0 Å². The monoisotopic (exact) mass is 211 g/mol. The molecule has 2 nitrogen and oxygen atoms in total. The van der Waals surface area contributed by atoms with Crippen molar-refractivity contribution in [2.45, 2.75) is 26.9 Å². The van der Waals surface area contributed by atoms with Gasteiger partial charge in [0.2, 0.25) is 0 Å². The van der Waals surface area contributed by atoms with Crippen molar-refractivity contribution in [2.24, 2.45) is 0 Å². The summed E-state index contributed by atoms with van der Waals surface area (Å²) in [4.78, 5) is 0. The summed E-state index contributed by atoms with van der Waals surface area (Å²) in [5, 5.41) is 3.04. The average molecular weight is 211 g/mol. The van der Waals surface area contributed by atoms with Crippen molar-refractivity contribution >= 4 is 5.69 Å². The highest BCUT2D eigenvalue weighted by molar-refractivity contribution is 5.51. The Morgan fingerprint density at radius 2 is 2.13 bits per heavy atom. The summed E-state index contributed by atoms with van der Waals surface area (Å²) in [6, 6.07) is 5.05. The second-order valence-corrected chi connectivity index (χ2v) is 3.78. The van der Waals surface area contributed by atoms with Crippen molar-refractivity contribution in [3.63, 3.8) is 0 Å². The van der Waals surface area contributed by atoms with Crippen molar-refractivity contribution in [2.75, 3.05) is 18.5 Å². The zero-order valence-electron chi connectivity index (χ0n) is 9.51. The maximum atomic E-state index is 13.3. The van der Waals surface area contributed by atoms with E-state index in [0.29, 0.717) is 18.8 Å². The Balaban J connectivity index is 2.43. The molecule has 0 spiro atoms. The van der Waals surface area contributed by atoms with Crippen LogP contribution in [-0.4, -0.2) is 19.3 Å². The van der Waals surface area contributed by atoms with E-state index in [4.69, 9.17) is 4.74 Å². The molecule has 0 unspecified atom stereocenters. The third-order valence-corrected chi connectivity index (χ3v) is 2.08. The second-order valence-electron chi connectivity index (χ2n) is 3.78. The van der Waals surface area contributed by atoms with Gasteiger partial charge in [-0.05, 0) is 32.4 Å². The quantitative estimate of drug-likeness (QED) is 0.756. The molecule has 1 N–H and O–H groups in total. The highest BCUT2D eigenvalue weighted by Crippen LogP contribution is 2.17. The molecule has 0 aliphatic carbocycles. The molecule has 0 bridgehead atoms. The number of para-hydroxylation sites is 1. The zero-order chi connectivity index (χ0) is 11.3. The third-order valence-electron chi connectivity index (χ3n) is 2.08. The molecular weight excluding hydrogens is 193 g/mol. The van der Waals surface area contributed by atoms with Gasteiger partial charge >= 0.3 is 0 Å². The van der Waals surface area contributed by atoms with Gasteiger partial charge in [0.15, 0.2) is 0 Å². The first kappa shape index (κ1) is 12.0. The van der Waals surface area contributed by atoms with Crippen LogP contribution < -0.4 is 5.32 Å². The normalized spacial score (nSPS) is 10.7. The minimum Gasteiger partial charge on any atom is -0.380 e. The van der Waals surface area contributed by atoms with Crippen molar-refractivity contribution in [1.29, 1.82) is 0 Å². The van der Waals surface area contributed by atoms with E-state index in [1.54, 1.807) is 6.07 Å². The van der Waals surface area contributed by atoms with Crippen LogP contribution in [0.5, 0.6) is 0 Å². The van der Waals surface area contributed by atoms with Crippen LogP contribution in [0, 0.1) is 12.7 Å². The minimum absolute atomic E-state index is 0.209. The Labute approximate surface area is 90.4 Å². The van der Waals surface area contributed by atoms with Gasteiger partial charge in [-0.2, -0.15) is 0 Å². The standard InChI is InChI=1S/C12H18FNO/c1-9(2)15-8-7-14-12-10(3)5-4-6-11(12)13/h4-6,9,14H,7-8H2,1-3H3. The Morgan fingerprint density at radius 1 is 1.40 bits per heavy atom. The van der Waals surface area contributed by atoms with E-state index < -0.39 is 0 Å². The van der Waals surface area contributed by atoms with Gasteiger partial charge in [0.1, 0.15) is 5.82 Å². The molecule has 1 aromatic rings. The van der Waals surface area contributed by atoms with E-state index in [-0.39, 0.29) is 11.9 Å². The fourth-order valence-corrected chi connectivity index (χ4v) is 1.33. The smallest absolute Gasteiger partial charge is 0.146 e. The van der Waals surface area contributed by atoms with Gasteiger partial charge in [0.05, 0.1) is 18.4 Å². The minimum atomic E-state index is -0.209. The van der Waals surface area contributed by atoms with Crippen molar-refractivity contribution in [3.05, 3.63) is 29.6 Å². The maximum Gasteiger partial charge on any atom is 0.146 e. The van der Waals surface area contributed by atoms with E-state index in [9.17, 15) is 4.39 Å². The van der Waals surface area contributed by atoms with Gasteiger partial charge in [-0.3, -0.25) is 0 Å². The van der Waals surface area contributed by atoms with Gasteiger partial charge in [0.25, 0.3) is 0 Å². The van der Waals surface area contributed by atoms with Crippen LogP contribution in [0.1, 0.15) is 19.4 Å². The Hall–Kier alpha value is -1.09. The number of rotatable bonds is 5. The molecule has 84 valence electrons. The molecule has 0 atom stereocenters. The van der Waals surface area contributed by atoms with E-state index in [1.165, 1.54) is 6.07 Å². The summed E-state index contributed by atoms with van der Waals surface area (Å²) >= 11 is 0. The summed E-state index contributed by atoms with van der Waals surface area (Å²) in [6.45, 7) is 7.06. The summed E-state index contributed by atoms with van der Waals surface area (Å²) < 4.78 is 18.7. The SMILES string of the molecule is Cc1cccc(F)c1NCCOC(C)C. The topological polar surface area (TPSA) is 21.3 Å². The van der Waals surface area contributed by atoms with E-state index in [1.807, 2.05) is 26.8 Å². The molecule has 0 amide bonds. The van der Waals surface area contributed by atoms with Crippen LogP contribution in [0.4, 0.5) is 10.1 Å². The number of nitrogens with one attached hydrogen (secondary N) is 1. The number of halogens is 1. The molecule has 0 fully saturated rings. The summed E-state index contributed by atoms with van der Waals surface area (Å²) in [7, 11) is 0. The molecule has 0 aliphatic rings. The lowest BCUT2D eigenvalue weighted by molar-refractivity contribution is 0.0870. The highest BCUT2D eigenvalue weighted by Gasteiger charge is 2.03. The Morgan fingerprint density at radius 3 is 2.73 bits per heavy atom. The van der Waals surface area contributed by atoms with Crippen LogP contribution in [0.3, 0.4) is 0 Å². The van der Waals surface area contributed by atoms with E-state index in [2.05, 4.69) is 5.32 Å². The third kappa shape index (κ3) is 3.88. The lowest BCUT2D eigenvalue weighted by atomic mass is 10.2. The highest BCUT2D eigenvalue weighted by atomic mass is 19.1. The Kier molecular flexibility index (Phi) is 4.56. The molecule has 0 saturated heterocycles. The van der Waals surface area contributed by atoms with Crippen LogP contribution in [0.2, 0.25) is 0 Å². The molecule has 0 heterocycles. The van der Waals surface area contributed by atoms with Crippen LogP contribution in [0.25, 0.3) is 0 Å². The van der Waals surface area contributed by atoms with Crippen LogP contribution in [0.15, 0.2) is 18.2 Å². The molecule has 0 radical (unpaired) electrons. The maximum absolute atomic E-state index is 13.3. The lowest BCUT2D eigenvalue weighted by Gasteiger charge is -2.12. The number of ether oxygens (including phenoxy) is 1.